The van der Waals surface area contributed by atoms with Crippen molar-refractivity contribution >= 4 is 35.8 Å². The first-order chi connectivity index (χ1) is 13.7. The molecule has 1 spiro atoms. The average Bonchev–Trinajstić information content (AvgIpc) is 2.69. The first-order valence-electron chi connectivity index (χ1n) is 11.1. The highest BCUT2D eigenvalue weighted by Crippen LogP contribution is 2.57. The van der Waals surface area contributed by atoms with Gasteiger partial charge in [0.15, 0.2) is 5.96 Å². The van der Waals surface area contributed by atoms with E-state index in [1.807, 2.05) is 11.9 Å². The van der Waals surface area contributed by atoms with Crippen LogP contribution < -0.4 is 5.32 Å². The van der Waals surface area contributed by atoms with Gasteiger partial charge >= 0.3 is 0 Å². The second-order valence-electron chi connectivity index (χ2n) is 8.71. The second-order valence-corrected chi connectivity index (χ2v) is 8.71. The predicted molar refractivity (Wildman–Crippen MR) is 124 cm³/mol. The van der Waals surface area contributed by atoms with Crippen molar-refractivity contribution < 1.29 is 14.3 Å². The number of hydrogen-bond acceptors (Lipinski definition) is 4. The standard InChI is InChI=1S/C21H36N4O3.HI/c1-3-28-18-15-17(21(18)7-4-8-21)23-20(22-2)25-9-5-16(6-10-25)19(26)24-11-13-27-14-12-24;/h16-18H,3-15H2,1-2H3,(H,22,23);1H. The number of rotatable bonds is 4. The largest absolute Gasteiger partial charge is 0.378 e. The van der Waals surface area contributed by atoms with Gasteiger partial charge in [-0.3, -0.25) is 9.79 Å². The molecule has 2 heterocycles. The van der Waals surface area contributed by atoms with Crippen molar-refractivity contribution in [1.29, 1.82) is 0 Å². The van der Waals surface area contributed by atoms with Crippen LogP contribution in [0.5, 0.6) is 0 Å². The Hall–Kier alpha value is -0.610. The molecule has 1 amide bonds. The molecule has 4 rings (SSSR count). The van der Waals surface area contributed by atoms with Crippen LogP contribution in [-0.4, -0.2) is 86.9 Å². The Morgan fingerprint density at radius 1 is 1.17 bits per heavy atom. The van der Waals surface area contributed by atoms with Gasteiger partial charge in [-0.1, -0.05) is 6.42 Å². The normalized spacial score (nSPS) is 29.7. The van der Waals surface area contributed by atoms with E-state index in [1.165, 1.54) is 19.3 Å². The minimum absolute atomic E-state index is 0. The Kier molecular flexibility index (Phi) is 8.06. The lowest BCUT2D eigenvalue weighted by molar-refractivity contribution is -0.169. The fraction of sp³-hybridized carbons (Fsp3) is 0.905. The van der Waals surface area contributed by atoms with Crippen molar-refractivity contribution in [2.45, 2.75) is 57.6 Å². The number of halogens is 1. The van der Waals surface area contributed by atoms with Crippen molar-refractivity contribution in [1.82, 2.24) is 15.1 Å². The maximum atomic E-state index is 12.8. The second kappa shape index (κ2) is 10.1. The van der Waals surface area contributed by atoms with E-state index in [-0.39, 0.29) is 29.9 Å². The number of amides is 1. The van der Waals surface area contributed by atoms with Crippen molar-refractivity contribution in [3.63, 3.8) is 0 Å². The van der Waals surface area contributed by atoms with Crippen molar-refractivity contribution in [3.8, 4) is 0 Å². The monoisotopic (exact) mass is 520 g/mol. The van der Waals surface area contributed by atoms with E-state index < -0.39 is 0 Å². The topological polar surface area (TPSA) is 66.4 Å². The lowest BCUT2D eigenvalue weighted by Crippen LogP contribution is -2.69. The molecule has 4 aliphatic rings. The summed E-state index contributed by atoms with van der Waals surface area (Å²) < 4.78 is 11.4. The van der Waals surface area contributed by atoms with E-state index in [2.05, 4.69) is 22.1 Å². The Labute approximate surface area is 192 Å². The van der Waals surface area contributed by atoms with E-state index >= 15 is 0 Å². The van der Waals surface area contributed by atoms with E-state index in [0.29, 0.717) is 36.7 Å². The molecular formula is C21H37IN4O3. The molecule has 0 aromatic heterocycles. The highest BCUT2D eigenvalue weighted by Gasteiger charge is 2.59. The summed E-state index contributed by atoms with van der Waals surface area (Å²) >= 11 is 0. The Morgan fingerprint density at radius 2 is 1.86 bits per heavy atom. The lowest BCUT2D eigenvalue weighted by atomic mass is 9.51. The van der Waals surface area contributed by atoms with E-state index in [0.717, 1.165) is 58.0 Å². The highest BCUT2D eigenvalue weighted by molar-refractivity contribution is 14.0. The van der Waals surface area contributed by atoms with Gasteiger partial charge in [-0.2, -0.15) is 0 Å². The van der Waals surface area contributed by atoms with Crippen LogP contribution >= 0.6 is 24.0 Å². The minimum atomic E-state index is 0. The third-order valence-electron chi connectivity index (χ3n) is 7.42. The van der Waals surface area contributed by atoms with Crippen LogP contribution in [0, 0.1) is 11.3 Å². The minimum Gasteiger partial charge on any atom is -0.378 e. The molecule has 0 aromatic carbocycles. The van der Waals surface area contributed by atoms with E-state index in [9.17, 15) is 4.79 Å². The fourth-order valence-electron chi connectivity index (χ4n) is 5.47. The summed E-state index contributed by atoms with van der Waals surface area (Å²) in [6, 6.07) is 0.476. The zero-order chi connectivity index (χ0) is 19.6. The maximum Gasteiger partial charge on any atom is 0.225 e. The fourth-order valence-corrected chi connectivity index (χ4v) is 5.47. The number of nitrogens with one attached hydrogen (secondary N) is 1. The predicted octanol–water partition coefficient (Wildman–Crippen LogP) is 2.10. The Bertz CT molecular complexity index is 584. The molecule has 0 aromatic rings. The van der Waals surface area contributed by atoms with Gasteiger partial charge in [-0.05, 0) is 39.0 Å². The van der Waals surface area contributed by atoms with Crippen LogP contribution in [0.3, 0.4) is 0 Å². The first-order valence-corrected chi connectivity index (χ1v) is 11.1. The summed E-state index contributed by atoms with van der Waals surface area (Å²) in [5.74, 6) is 1.47. The molecule has 2 unspecified atom stereocenters. The molecule has 29 heavy (non-hydrogen) atoms. The molecule has 4 fully saturated rings. The Morgan fingerprint density at radius 3 is 2.41 bits per heavy atom. The van der Waals surface area contributed by atoms with Gasteiger partial charge in [-0.15, -0.1) is 24.0 Å². The van der Waals surface area contributed by atoms with Crippen LogP contribution in [0.2, 0.25) is 0 Å². The highest BCUT2D eigenvalue weighted by atomic mass is 127. The molecule has 2 saturated carbocycles. The molecule has 2 aliphatic carbocycles. The molecular weight excluding hydrogens is 483 g/mol. The molecule has 2 aliphatic heterocycles. The number of likely N-dealkylation sites (tertiary alicyclic amines) is 1. The molecule has 2 atom stereocenters. The number of carbonyl (C=O) groups is 1. The van der Waals surface area contributed by atoms with Crippen LogP contribution in [0.15, 0.2) is 4.99 Å². The third-order valence-corrected chi connectivity index (χ3v) is 7.42. The molecule has 0 radical (unpaired) electrons. The molecule has 0 bridgehead atoms. The molecule has 1 N–H and O–H groups in total. The summed E-state index contributed by atoms with van der Waals surface area (Å²) in [7, 11) is 1.87. The number of morpholine rings is 1. The lowest BCUT2D eigenvalue weighted by Gasteiger charge is -2.61. The van der Waals surface area contributed by atoms with Crippen LogP contribution in [0.1, 0.15) is 45.4 Å². The Balaban J connectivity index is 0.00000240. The van der Waals surface area contributed by atoms with Gasteiger partial charge in [0.25, 0.3) is 0 Å². The van der Waals surface area contributed by atoms with Gasteiger partial charge in [-0.25, -0.2) is 0 Å². The third kappa shape index (κ3) is 4.54. The number of hydrogen-bond donors (Lipinski definition) is 1. The van der Waals surface area contributed by atoms with Gasteiger partial charge in [0.05, 0.1) is 19.3 Å². The zero-order valence-electron chi connectivity index (χ0n) is 17.9. The van der Waals surface area contributed by atoms with Crippen LogP contribution in [-0.2, 0) is 14.3 Å². The quantitative estimate of drug-likeness (QED) is 0.350. The van der Waals surface area contributed by atoms with Crippen molar-refractivity contribution in [2.75, 3.05) is 53.0 Å². The average molecular weight is 520 g/mol. The first kappa shape index (κ1) is 23.1. The summed E-state index contributed by atoms with van der Waals surface area (Å²) in [6.45, 7) is 7.52. The summed E-state index contributed by atoms with van der Waals surface area (Å²) in [6.07, 6.45) is 7.17. The number of ether oxygens (including phenoxy) is 2. The molecule has 7 nitrogen and oxygen atoms in total. The zero-order valence-corrected chi connectivity index (χ0v) is 20.2. The van der Waals surface area contributed by atoms with Crippen molar-refractivity contribution in [2.24, 2.45) is 16.3 Å². The number of carbonyl (C=O) groups excluding carboxylic acids is 1. The number of guanidine groups is 1. The maximum absolute atomic E-state index is 12.8. The number of nitrogens with zero attached hydrogens (tertiary/aromatic N) is 3. The SMILES string of the molecule is CCOC1CC(NC(=NC)N2CCC(C(=O)N3CCOCC3)CC2)C12CCC2.I. The van der Waals surface area contributed by atoms with Crippen LogP contribution in [0.4, 0.5) is 0 Å². The summed E-state index contributed by atoms with van der Waals surface area (Å²) in [5, 5.41) is 3.75. The van der Waals surface area contributed by atoms with E-state index in [4.69, 9.17) is 9.47 Å². The van der Waals surface area contributed by atoms with Gasteiger partial charge in [0.1, 0.15) is 0 Å². The summed E-state index contributed by atoms with van der Waals surface area (Å²) in [4.78, 5) is 21.6. The van der Waals surface area contributed by atoms with Crippen LogP contribution in [0.25, 0.3) is 0 Å². The van der Waals surface area contributed by atoms with Gasteiger partial charge in [0.2, 0.25) is 5.91 Å². The number of piperidine rings is 1. The van der Waals surface area contributed by atoms with Gasteiger partial charge in [0, 0.05) is 57.2 Å². The van der Waals surface area contributed by atoms with Crippen molar-refractivity contribution in [3.05, 3.63) is 0 Å². The smallest absolute Gasteiger partial charge is 0.225 e. The number of aliphatic imine (C=N–C) groups is 1. The molecule has 2 saturated heterocycles. The summed E-state index contributed by atoms with van der Waals surface area (Å²) in [5.41, 5.74) is 0.330. The van der Waals surface area contributed by atoms with E-state index in [1.54, 1.807) is 0 Å². The molecule has 8 heteroatoms. The molecule has 166 valence electrons. The van der Waals surface area contributed by atoms with Gasteiger partial charge < -0.3 is 24.6 Å².